The van der Waals surface area contributed by atoms with Gasteiger partial charge in [-0.05, 0) is 31.0 Å². The summed E-state index contributed by atoms with van der Waals surface area (Å²) in [6, 6.07) is 6.10. The van der Waals surface area contributed by atoms with Crippen molar-refractivity contribution in [2.45, 2.75) is 26.4 Å². The van der Waals surface area contributed by atoms with E-state index in [9.17, 15) is 13.6 Å². The van der Waals surface area contributed by atoms with Crippen LogP contribution in [0.25, 0.3) is 0 Å². The average molecular weight is 411 g/mol. The molecule has 28 heavy (non-hydrogen) atoms. The Balaban J connectivity index is 1.58. The molecule has 1 fully saturated rings. The van der Waals surface area contributed by atoms with Gasteiger partial charge in [0.15, 0.2) is 5.89 Å². The Hall–Kier alpha value is -2.86. The van der Waals surface area contributed by atoms with Crippen LogP contribution in [-0.4, -0.2) is 30.6 Å². The molecule has 10 heteroatoms. The van der Waals surface area contributed by atoms with Crippen LogP contribution in [0.2, 0.25) is 5.02 Å². The summed E-state index contributed by atoms with van der Waals surface area (Å²) in [5, 5.41) is 11.9. The highest BCUT2D eigenvalue weighted by molar-refractivity contribution is 6.32. The number of nitrogens with zero attached hydrogens (tertiary/aromatic N) is 3. The van der Waals surface area contributed by atoms with E-state index in [0.29, 0.717) is 43.4 Å². The molecule has 1 N–H and O–H groups in total. The van der Waals surface area contributed by atoms with E-state index in [2.05, 4.69) is 15.0 Å². The van der Waals surface area contributed by atoms with Crippen LogP contribution in [-0.2, 0) is 4.79 Å². The van der Waals surface area contributed by atoms with Crippen molar-refractivity contribution in [1.82, 2.24) is 4.98 Å². The van der Waals surface area contributed by atoms with Gasteiger partial charge in [-0.15, -0.1) is 0 Å². The number of aryl methyl sites for hydroxylation is 1. The summed E-state index contributed by atoms with van der Waals surface area (Å²) in [6.45, 7) is -0.210. The molecule has 7 nitrogen and oxygen atoms in total. The first kappa shape index (κ1) is 19.9. The molecule has 148 valence electrons. The molecule has 3 rings (SSSR count). The molecule has 0 atom stereocenters. The van der Waals surface area contributed by atoms with Crippen molar-refractivity contribution >= 4 is 29.1 Å². The zero-order valence-electron chi connectivity index (χ0n) is 14.9. The Morgan fingerprint density at radius 2 is 2.18 bits per heavy atom. The largest absolute Gasteiger partial charge is 0.433 e. The van der Waals surface area contributed by atoms with Gasteiger partial charge in [0.1, 0.15) is 11.8 Å². The van der Waals surface area contributed by atoms with Crippen LogP contribution in [0.15, 0.2) is 22.6 Å². The molecule has 1 amide bonds. The highest BCUT2D eigenvalue weighted by Crippen LogP contribution is 2.30. The number of hydrogen-bond donors (Lipinski definition) is 1. The third-order valence-electron chi connectivity index (χ3n) is 4.39. The maximum atomic E-state index is 12.5. The summed E-state index contributed by atoms with van der Waals surface area (Å²) in [5.74, 6) is 0.274. The number of amides is 1. The molecule has 1 aromatic heterocycles. The smallest absolute Gasteiger partial charge is 0.387 e. The van der Waals surface area contributed by atoms with Crippen LogP contribution in [0.3, 0.4) is 0 Å². The minimum absolute atomic E-state index is 0.0161. The number of aromatic nitrogens is 1. The molecule has 1 aliphatic rings. The second-order valence-electron chi connectivity index (χ2n) is 6.27. The molecule has 0 unspecified atom stereocenters. The number of oxazole rings is 1. The van der Waals surface area contributed by atoms with E-state index in [1.807, 2.05) is 11.0 Å². The molecular formula is C18H17ClF2N4O3. The van der Waals surface area contributed by atoms with Crippen molar-refractivity contribution in [2.75, 3.05) is 23.3 Å². The van der Waals surface area contributed by atoms with Gasteiger partial charge in [0, 0.05) is 31.6 Å². The first-order valence-electron chi connectivity index (χ1n) is 8.55. The minimum atomic E-state index is -2.97. The Labute approximate surface area is 164 Å². The second-order valence-corrected chi connectivity index (χ2v) is 6.68. The van der Waals surface area contributed by atoms with Crippen LogP contribution in [0.1, 0.15) is 24.4 Å². The quantitative estimate of drug-likeness (QED) is 0.802. The zero-order valence-corrected chi connectivity index (χ0v) is 15.7. The number of rotatable bonds is 5. The zero-order chi connectivity index (χ0) is 20.3. The van der Waals surface area contributed by atoms with E-state index in [1.165, 1.54) is 18.2 Å². The lowest BCUT2D eigenvalue weighted by Gasteiger charge is -2.31. The van der Waals surface area contributed by atoms with Crippen LogP contribution in [0.5, 0.6) is 5.75 Å². The first-order valence-corrected chi connectivity index (χ1v) is 8.93. The summed E-state index contributed by atoms with van der Waals surface area (Å²) in [5.41, 5.74) is 0.637. The SMILES string of the molecule is Cc1nc(C#N)c(N2CCC(C(=O)Nc3ccc(OC(F)F)c(Cl)c3)CC2)o1. The van der Waals surface area contributed by atoms with Crippen molar-refractivity contribution in [2.24, 2.45) is 5.92 Å². The van der Waals surface area contributed by atoms with Crippen LogP contribution >= 0.6 is 11.6 Å². The Bertz CT molecular complexity index is 905. The third-order valence-corrected chi connectivity index (χ3v) is 4.69. The van der Waals surface area contributed by atoms with E-state index >= 15 is 0 Å². The van der Waals surface area contributed by atoms with E-state index in [1.54, 1.807) is 6.92 Å². The van der Waals surface area contributed by atoms with E-state index in [0.717, 1.165) is 0 Å². The fourth-order valence-electron chi connectivity index (χ4n) is 3.06. The molecule has 0 spiro atoms. The highest BCUT2D eigenvalue weighted by Gasteiger charge is 2.28. The predicted octanol–water partition coefficient (Wildman–Crippen LogP) is 3.96. The first-order chi connectivity index (χ1) is 13.4. The van der Waals surface area contributed by atoms with Gasteiger partial charge >= 0.3 is 6.61 Å². The third kappa shape index (κ3) is 4.51. The average Bonchev–Trinajstić information content (AvgIpc) is 3.04. The van der Waals surface area contributed by atoms with E-state index < -0.39 is 6.61 Å². The lowest BCUT2D eigenvalue weighted by Crippen LogP contribution is -2.38. The second kappa shape index (κ2) is 8.44. The van der Waals surface area contributed by atoms with Crippen molar-refractivity contribution in [1.29, 1.82) is 5.26 Å². The van der Waals surface area contributed by atoms with Gasteiger partial charge in [-0.3, -0.25) is 4.79 Å². The molecule has 2 aromatic rings. The number of carbonyl (C=O) groups excluding carboxylic acids is 1. The van der Waals surface area contributed by atoms with Gasteiger partial charge in [-0.25, -0.2) is 4.98 Å². The summed E-state index contributed by atoms with van der Waals surface area (Å²) in [4.78, 5) is 18.4. The molecular weight excluding hydrogens is 394 g/mol. The Morgan fingerprint density at radius 3 is 2.79 bits per heavy atom. The van der Waals surface area contributed by atoms with Gasteiger partial charge < -0.3 is 19.4 Å². The number of ether oxygens (including phenoxy) is 1. The summed E-state index contributed by atoms with van der Waals surface area (Å²) >= 11 is 5.90. The number of carbonyl (C=O) groups is 1. The van der Waals surface area contributed by atoms with E-state index in [4.69, 9.17) is 21.3 Å². The topological polar surface area (TPSA) is 91.4 Å². The number of piperidine rings is 1. The number of nitrogens with one attached hydrogen (secondary N) is 1. The van der Waals surface area contributed by atoms with Gasteiger partial charge in [0.05, 0.1) is 5.02 Å². The Morgan fingerprint density at radius 1 is 1.46 bits per heavy atom. The number of nitriles is 1. The maximum absolute atomic E-state index is 12.5. The monoisotopic (exact) mass is 410 g/mol. The van der Waals surface area contributed by atoms with Gasteiger partial charge in [-0.1, -0.05) is 11.6 Å². The van der Waals surface area contributed by atoms with Gasteiger partial charge in [0.25, 0.3) is 0 Å². The Kier molecular flexibility index (Phi) is 5.99. The molecule has 2 heterocycles. The number of halogens is 3. The number of hydrogen-bond acceptors (Lipinski definition) is 6. The number of benzene rings is 1. The molecule has 0 bridgehead atoms. The van der Waals surface area contributed by atoms with Crippen LogP contribution in [0.4, 0.5) is 20.4 Å². The molecule has 1 saturated heterocycles. The highest BCUT2D eigenvalue weighted by atomic mass is 35.5. The van der Waals surface area contributed by atoms with Crippen molar-refractivity contribution in [3.05, 3.63) is 34.8 Å². The summed E-state index contributed by atoms with van der Waals surface area (Å²) in [7, 11) is 0. The number of anilines is 2. The lowest BCUT2D eigenvalue weighted by atomic mass is 9.96. The van der Waals surface area contributed by atoms with Crippen LogP contribution < -0.4 is 15.0 Å². The standard InChI is InChI=1S/C18H17ClF2N4O3/c1-10-23-14(9-22)17(27-10)25-6-4-11(5-7-25)16(26)24-12-2-3-15(13(19)8-12)28-18(20)21/h2-3,8,11,18H,4-7H2,1H3,(H,24,26). The molecule has 0 radical (unpaired) electrons. The predicted molar refractivity (Wildman–Crippen MR) is 97.6 cm³/mol. The molecule has 1 aromatic carbocycles. The lowest BCUT2D eigenvalue weighted by molar-refractivity contribution is -0.120. The fourth-order valence-corrected chi connectivity index (χ4v) is 3.29. The van der Waals surface area contributed by atoms with Gasteiger partial charge in [0.2, 0.25) is 17.5 Å². The van der Waals surface area contributed by atoms with E-state index in [-0.39, 0.29) is 28.3 Å². The molecule has 0 aliphatic carbocycles. The normalized spacial score (nSPS) is 14.8. The summed E-state index contributed by atoms with van der Waals surface area (Å²) in [6.07, 6.45) is 1.13. The molecule has 0 saturated carbocycles. The maximum Gasteiger partial charge on any atom is 0.387 e. The fraction of sp³-hybridized carbons (Fsp3) is 0.389. The van der Waals surface area contributed by atoms with Crippen molar-refractivity contribution in [3.8, 4) is 11.8 Å². The van der Waals surface area contributed by atoms with Crippen molar-refractivity contribution < 1.29 is 22.7 Å². The van der Waals surface area contributed by atoms with Crippen molar-refractivity contribution in [3.63, 3.8) is 0 Å². The summed E-state index contributed by atoms with van der Waals surface area (Å²) < 4.78 is 34.3. The van der Waals surface area contributed by atoms with Crippen LogP contribution in [0, 0.1) is 24.2 Å². The number of alkyl halides is 2. The van der Waals surface area contributed by atoms with Gasteiger partial charge in [-0.2, -0.15) is 14.0 Å². The molecule has 1 aliphatic heterocycles. The minimum Gasteiger partial charge on any atom is -0.433 e.